The molecule has 0 radical (unpaired) electrons. The number of amides is 2. The number of carbonyl (C=O) groups is 3. The van der Waals surface area contributed by atoms with E-state index in [1.54, 1.807) is 40.0 Å². The quantitative estimate of drug-likeness (QED) is 0.245. The monoisotopic (exact) mass is 688 g/mol. The molecule has 0 aliphatic heterocycles. The van der Waals surface area contributed by atoms with E-state index >= 15 is 8.78 Å². The smallest absolute Gasteiger partial charge is 0.485 e. The maximum atomic E-state index is 15.4. The SMILES string of the molecule is Cc1cc(OCc2c(F)cccc2F)c2nc(C)c(C(=O)NC3=CC=CC(CNC(=O)OC(C)(C)C)C3(F)F)n2c1.O=C(O)C(F)(F)F. The van der Waals surface area contributed by atoms with Gasteiger partial charge in [-0.25, -0.2) is 23.4 Å². The Morgan fingerprint density at radius 1 is 1.08 bits per heavy atom. The number of carbonyl (C=O) groups excluding carboxylic acids is 2. The molecular formula is C31H31F7N4O6. The molecule has 10 nitrogen and oxygen atoms in total. The van der Waals surface area contributed by atoms with Crippen LogP contribution in [0, 0.1) is 31.4 Å². The summed E-state index contributed by atoms with van der Waals surface area (Å²) >= 11 is 0. The third-order valence-electron chi connectivity index (χ3n) is 6.43. The van der Waals surface area contributed by atoms with Crippen molar-refractivity contribution >= 4 is 23.6 Å². The number of imidazole rings is 1. The molecule has 3 aromatic rings. The second kappa shape index (κ2) is 14.4. The van der Waals surface area contributed by atoms with Gasteiger partial charge in [-0.1, -0.05) is 18.2 Å². The number of hydrogen-bond donors (Lipinski definition) is 3. The number of aromatic nitrogens is 2. The average Bonchev–Trinajstić information content (AvgIpc) is 3.27. The van der Waals surface area contributed by atoms with Crippen molar-refractivity contribution in [3.8, 4) is 5.75 Å². The van der Waals surface area contributed by atoms with Crippen molar-refractivity contribution in [3.05, 3.63) is 88.5 Å². The molecule has 17 heteroatoms. The van der Waals surface area contributed by atoms with Crippen LogP contribution in [0.25, 0.3) is 5.65 Å². The van der Waals surface area contributed by atoms with E-state index in [1.807, 2.05) is 0 Å². The average molecular weight is 689 g/mol. The van der Waals surface area contributed by atoms with Crippen molar-refractivity contribution in [2.75, 3.05) is 6.54 Å². The largest absolute Gasteiger partial charge is 0.490 e. The number of aryl methyl sites for hydroxylation is 2. The van der Waals surface area contributed by atoms with Crippen LogP contribution < -0.4 is 15.4 Å². The number of fused-ring (bicyclic) bond motifs is 1. The number of alkyl halides is 5. The molecule has 1 aliphatic carbocycles. The molecule has 3 N–H and O–H groups in total. The Balaban J connectivity index is 0.000000804. The maximum Gasteiger partial charge on any atom is 0.490 e. The highest BCUT2D eigenvalue weighted by atomic mass is 19.4. The van der Waals surface area contributed by atoms with Crippen molar-refractivity contribution < 1.29 is 59.7 Å². The highest BCUT2D eigenvalue weighted by Gasteiger charge is 2.45. The van der Waals surface area contributed by atoms with Crippen LogP contribution in [-0.2, 0) is 16.1 Å². The van der Waals surface area contributed by atoms with Crippen molar-refractivity contribution in [1.82, 2.24) is 20.0 Å². The van der Waals surface area contributed by atoms with E-state index in [9.17, 15) is 31.5 Å². The van der Waals surface area contributed by atoms with Crippen molar-refractivity contribution in [2.45, 2.75) is 58.9 Å². The van der Waals surface area contributed by atoms with E-state index in [4.69, 9.17) is 19.4 Å². The lowest BCUT2D eigenvalue weighted by molar-refractivity contribution is -0.192. The van der Waals surface area contributed by atoms with Gasteiger partial charge in [0, 0.05) is 12.7 Å². The van der Waals surface area contributed by atoms with Crippen LogP contribution in [0.2, 0.25) is 0 Å². The number of allylic oxidation sites excluding steroid dienone is 3. The molecule has 4 rings (SSSR count). The number of ether oxygens (including phenoxy) is 2. The minimum atomic E-state index is -5.08. The van der Waals surface area contributed by atoms with Crippen LogP contribution in [0.3, 0.4) is 0 Å². The lowest BCUT2D eigenvalue weighted by atomic mass is 9.93. The Bertz CT molecular complexity index is 1740. The minimum Gasteiger partial charge on any atom is -0.485 e. The zero-order chi connectivity index (χ0) is 36.2. The normalized spacial score (nSPS) is 15.6. The minimum absolute atomic E-state index is 0.0275. The number of rotatable bonds is 7. The summed E-state index contributed by atoms with van der Waals surface area (Å²) in [4.78, 5) is 38.5. The van der Waals surface area contributed by atoms with Crippen molar-refractivity contribution in [1.29, 1.82) is 0 Å². The van der Waals surface area contributed by atoms with Gasteiger partial charge < -0.3 is 25.2 Å². The van der Waals surface area contributed by atoms with E-state index in [1.165, 1.54) is 29.5 Å². The molecule has 0 saturated carbocycles. The van der Waals surface area contributed by atoms with Crippen LogP contribution in [0.15, 0.2) is 54.4 Å². The second-order valence-electron chi connectivity index (χ2n) is 11.4. The van der Waals surface area contributed by atoms with Crippen LogP contribution in [0.5, 0.6) is 5.75 Å². The summed E-state index contributed by atoms with van der Waals surface area (Å²) in [7, 11) is 0. The first-order valence-electron chi connectivity index (χ1n) is 14.0. The summed E-state index contributed by atoms with van der Waals surface area (Å²) in [5, 5.41) is 11.7. The van der Waals surface area contributed by atoms with Gasteiger partial charge in [0.1, 0.15) is 29.5 Å². The Morgan fingerprint density at radius 2 is 1.69 bits per heavy atom. The van der Waals surface area contributed by atoms with Gasteiger partial charge in [-0.05, 0) is 64.5 Å². The van der Waals surface area contributed by atoms with Crippen molar-refractivity contribution in [2.24, 2.45) is 5.92 Å². The number of nitrogens with zero attached hydrogens (tertiary/aromatic N) is 2. The lowest BCUT2D eigenvalue weighted by Gasteiger charge is -2.30. The molecule has 1 aliphatic rings. The summed E-state index contributed by atoms with van der Waals surface area (Å²) in [6.07, 6.45) is -0.662. The number of pyridine rings is 1. The van der Waals surface area contributed by atoms with E-state index in [2.05, 4.69) is 15.6 Å². The number of nitrogens with one attached hydrogen (secondary N) is 2. The summed E-state index contributed by atoms with van der Waals surface area (Å²) in [6.45, 7) is 7.33. The van der Waals surface area contributed by atoms with Crippen LogP contribution in [0.4, 0.5) is 35.5 Å². The molecule has 260 valence electrons. The first kappa shape index (κ1) is 37.4. The van der Waals surface area contributed by atoms with Crippen LogP contribution in [-0.4, -0.2) is 56.7 Å². The Kier molecular flexibility index (Phi) is 11.2. The lowest BCUT2D eigenvalue weighted by Crippen LogP contribution is -2.45. The van der Waals surface area contributed by atoms with Gasteiger partial charge in [0.25, 0.3) is 11.8 Å². The van der Waals surface area contributed by atoms with Gasteiger partial charge >= 0.3 is 18.2 Å². The molecule has 1 atom stereocenters. The molecule has 0 spiro atoms. The van der Waals surface area contributed by atoms with E-state index < -0.39 is 72.1 Å². The predicted molar refractivity (Wildman–Crippen MR) is 156 cm³/mol. The van der Waals surface area contributed by atoms with Crippen LogP contribution in [0.1, 0.15) is 48.1 Å². The van der Waals surface area contributed by atoms with E-state index in [-0.39, 0.29) is 28.3 Å². The molecular weight excluding hydrogens is 657 g/mol. The second-order valence-corrected chi connectivity index (χ2v) is 11.4. The number of halogens is 7. The molecule has 48 heavy (non-hydrogen) atoms. The standard InChI is InChI=1S/C29H30F4N4O4.C2HF3O2/c1-16-12-22(40-15-19-20(30)9-7-10-21(19)31)25-35-17(2)24(37(25)14-16)26(38)36-23-11-6-8-18(29(23,32)33)13-34-27(39)41-28(3,4)5;3-2(4,5)1(6)7/h6-12,14,18H,13,15H2,1-5H3,(H,34,39)(H,36,38);(H,6,7). The molecule has 2 heterocycles. The molecule has 2 aromatic heterocycles. The van der Waals surface area contributed by atoms with Gasteiger partial charge in [-0.3, -0.25) is 9.20 Å². The number of carboxylic acid groups (broad SMARTS) is 1. The number of hydrogen-bond acceptors (Lipinski definition) is 6. The summed E-state index contributed by atoms with van der Waals surface area (Å²) in [5.41, 5.74) is -0.756. The fourth-order valence-corrected chi connectivity index (χ4v) is 4.29. The fraction of sp³-hybridized carbons (Fsp3) is 0.355. The zero-order valence-corrected chi connectivity index (χ0v) is 26.1. The highest BCUT2D eigenvalue weighted by molar-refractivity contribution is 5.96. The Hall–Kier alpha value is -5.09. The van der Waals surface area contributed by atoms with Gasteiger partial charge in [-0.15, -0.1) is 0 Å². The first-order chi connectivity index (χ1) is 22.1. The predicted octanol–water partition coefficient (Wildman–Crippen LogP) is 6.40. The number of carboxylic acids is 1. The molecule has 1 unspecified atom stereocenters. The van der Waals surface area contributed by atoms with Crippen molar-refractivity contribution in [3.63, 3.8) is 0 Å². The molecule has 2 amide bonds. The third-order valence-corrected chi connectivity index (χ3v) is 6.43. The summed E-state index contributed by atoms with van der Waals surface area (Å²) in [6, 6.07) is 5.05. The summed E-state index contributed by atoms with van der Waals surface area (Å²) in [5.74, 6) is -9.98. The van der Waals surface area contributed by atoms with E-state index in [0.717, 1.165) is 18.2 Å². The molecule has 0 fully saturated rings. The Morgan fingerprint density at radius 3 is 2.25 bits per heavy atom. The first-order valence-corrected chi connectivity index (χ1v) is 14.0. The van der Waals surface area contributed by atoms with Gasteiger partial charge in [0.15, 0.2) is 11.4 Å². The van der Waals surface area contributed by atoms with Gasteiger partial charge in [0.05, 0.1) is 22.9 Å². The number of aliphatic carboxylic acids is 1. The fourth-order valence-electron chi connectivity index (χ4n) is 4.29. The van der Waals surface area contributed by atoms with Gasteiger partial charge in [-0.2, -0.15) is 22.0 Å². The molecule has 0 bridgehead atoms. The zero-order valence-electron chi connectivity index (χ0n) is 26.1. The molecule has 0 saturated heterocycles. The Labute approximate surface area is 269 Å². The highest BCUT2D eigenvalue weighted by Crippen LogP contribution is 2.35. The number of alkyl carbamates (subject to hydrolysis) is 1. The van der Waals surface area contributed by atoms with E-state index in [0.29, 0.717) is 5.56 Å². The maximum absolute atomic E-state index is 15.4. The van der Waals surface area contributed by atoms with Crippen LogP contribution >= 0.6 is 0 Å². The number of benzene rings is 1. The molecule has 1 aromatic carbocycles. The topological polar surface area (TPSA) is 131 Å². The summed E-state index contributed by atoms with van der Waals surface area (Å²) < 4.78 is 103. The third kappa shape index (κ3) is 9.25. The van der Waals surface area contributed by atoms with Gasteiger partial charge in [0.2, 0.25) is 0 Å².